The molecule has 0 saturated carbocycles. The summed E-state index contributed by atoms with van der Waals surface area (Å²) in [6.07, 6.45) is 1.82. The Morgan fingerprint density at radius 1 is 1.35 bits per heavy atom. The molecular formula is C13H12ClNO2. The standard InChI is InChI=1S/C13H12ClNO2/c1-9-8-10(14)5-6-11(9)15-7-3-4-12(15)13(16)17-2/h3-8H,1-2H3. The first kappa shape index (κ1) is 11.7. The van der Waals surface area contributed by atoms with Gasteiger partial charge in [0.2, 0.25) is 0 Å². The van der Waals surface area contributed by atoms with Gasteiger partial charge < -0.3 is 9.30 Å². The fraction of sp³-hybridized carbons (Fsp3) is 0.154. The summed E-state index contributed by atoms with van der Waals surface area (Å²) in [7, 11) is 1.37. The van der Waals surface area contributed by atoms with Crippen molar-refractivity contribution < 1.29 is 9.53 Å². The van der Waals surface area contributed by atoms with E-state index in [0.29, 0.717) is 10.7 Å². The number of carbonyl (C=O) groups excluding carboxylic acids is 1. The van der Waals surface area contributed by atoms with Crippen LogP contribution in [0.4, 0.5) is 0 Å². The van der Waals surface area contributed by atoms with Gasteiger partial charge in [0.05, 0.1) is 7.11 Å². The van der Waals surface area contributed by atoms with Crippen molar-refractivity contribution in [1.82, 2.24) is 4.57 Å². The minimum Gasteiger partial charge on any atom is -0.464 e. The van der Waals surface area contributed by atoms with E-state index in [1.165, 1.54) is 7.11 Å². The Balaban J connectivity index is 2.53. The molecule has 1 heterocycles. The maximum atomic E-state index is 11.6. The van der Waals surface area contributed by atoms with Crippen LogP contribution in [0.5, 0.6) is 0 Å². The van der Waals surface area contributed by atoms with Crippen molar-refractivity contribution in [1.29, 1.82) is 0 Å². The van der Waals surface area contributed by atoms with E-state index in [0.717, 1.165) is 11.3 Å². The average molecular weight is 250 g/mol. The second-order valence-corrected chi connectivity index (χ2v) is 4.12. The van der Waals surface area contributed by atoms with Crippen LogP contribution in [0.2, 0.25) is 5.02 Å². The Morgan fingerprint density at radius 3 is 2.76 bits per heavy atom. The Hall–Kier alpha value is -1.74. The lowest BCUT2D eigenvalue weighted by Crippen LogP contribution is -2.09. The van der Waals surface area contributed by atoms with Crippen LogP contribution in [0.3, 0.4) is 0 Å². The van der Waals surface area contributed by atoms with Crippen molar-refractivity contribution in [2.45, 2.75) is 6.92 Å². The van der Waals surface area contributed by atoms with Crippen LogP contribution in [0, 0.1) is 6.92 Å². The molecule has 0 saturated heterocycles. The van der Waals surface area contributed by atoms with Crippen LogP contribution < -0.4 is 0 Å². The Labute approximate surface area is 105 Å². The number of carbonyl (C=O) groups is 1. The zero-order valence-corrected chi connectivity index (χ0v) is 10.4. The molecule has 1 aromatic heterocycles. The second-order valence-electron chi connectivity index (χ2n) is 3.69. The van der Waals surface area contributed by atoms with Gasteiger partial charge in [-0.3, -0.25) is 0 Å². The van der Waals surface area contributed by atoms with Gasteiger partial charge in [0.1, 0.15) is 5.69 Å². The number of benzene rings is 1. The first-order valence-corrected chi connectivity index (χ1v) is 5.53. The smallest absolute Gasteiger partial charge is 0.355 e. The van der Waals surface area contributed by atoms with Crippen molar-refractivity contribution in [2.24, 2.45) is 0 Å². The molecule has 0 fully saturated rings. The summed E-state index contributed by atoms with van der Waals surface area (Å²) in [5.41, 5.74) is 2.41. The van der Waals surface area contributed by atoms with Gasteiger partial charge >= 0.3 is 5.97 Å². The van der Waals surface area contributed by atoms with Gasteiger partial charge in [-0.1, -0.05) is 11.6 Å². The molecule has 0 aliphatic heterocycles. The van der Waals surface area contributed by atoms with E-state index in [4.69, 9.17) is 16.3 Å². The first-order chi connectivity index (χ1) is 8.13. The summed E-state index contributed by atoms with van der Waals surface area (Å²) in [5.74, 6) is -0.357. The highest BCUT2D eigenvalue weighted by molar-refractivity contribution is 6.30. The fourth-order valence-corrected chi connectivity index (χ4v) is 1.98. The first-order valence-electron chi connectivity index (χ1n) is 5.15. The summed E-state index contributed by atoms with van der Waals surface area (Å²) >= 11 is 5.91. The van der Waals surface area contributed by atoms with E-state index < -0.39 is 0 Å². The minimum absolute atomic E-state index is 0.357. The number of rotatable bonds is 2. The van der Waals surface area contributed by atoms with E-state index in [-0.39, 0.29) is 5.97 Å². The number of methoxy groups -OCH3 is 1. The quantitative estimate of drug-likeness (QED) is 0.766. The number of hydrogen-bond acceptors (Lipinski definition) is 2. The lowest BCUT2D eigenvalue weighted by Gasteiger charge is -2.10. The second kappa shape index (κ2) is 4.63. The van der Waals surface area contributed by atoms with Gasteiger partial charge in [-0.25, -0.2) is 4.79 Å². The molecule has 0 atom stereocenters. The minimum atomic E-state index is -0.357. The van der Waals surface area contributed by atoms with E-state index >= 15 is 0 Å². The van der Waals surface area contributed by atoms with Crippen LogP contribution >= 0.6 is 11.6 Å². The van der Waals surface area contributed by atoms with E-state index in [1.54, 1.807) is 22.8 Å². The van der Waals surface area contributed by atoms with Crippen LogP contribution in [-0.4, -0.2) is 17.6 Å². The Bertz CT molecular complexity index is 560. The average Bonchev–Trinajstić information content (AvgIpc) is 2.77. The molecule has 3 nitrogen and oxygen atoms in total. The summed E-state index contributed by atoms with van der Waals surface area (Å²) in [6, 6.07) is 9.06. The molecule has 2 aromatic rings. The molecule has 0 aliphatic carbocycles. The zero-order valence-electron chi connectivity index (χ0n) is 9.61. The summed E-state index contributed by atoms with van der Waals surface area (Å²) in [6.45, 7) is 1.95. The molecule has 1 aromatic carbocycles. The van der Waals surface area contributed by atoms with Crippen LogP contribution in [0.25, 0.3) is 5.69 Å². The van der Waals surface area contributed by atoms with E-state index in [9.17, 15) is 4.79 Å². The number of nitrogens with zero attached hydrogens (tertiary/aromatic N) is 1. The molecule has 0 N–H and O–H groups in total. The SMILES string of the molecule is COC(=O)c1cccn1-c1ccc(Cl)cc1C. The maximum absolute atomic E-state index is 11.6. The monoisotopic (exact) mass is 249 g/mol. The molecular weight excluding hydrogens is 238 g/mol. The molecule has 2 rings (SSSR count). The third-order valence-electron chi connectivity index (χ3n) is 2.56. The number of halogens is 1. The molecule has 17 heavy (non-hydrogen) atoms. The molecule has 0 radical (unpaired) electrons. The Kier molecular flexibility index (Phi) is 3.20. The van der Waals surface area contributed by atoms with Gasteiger partial charge in [0.15, 0.2) is 0 Å². The fourth-order valence-electron chi connectivity index (χ4n) is 1.75. The van der Waals surface area contributed by atoms with Crippen molar-refractivity contribution in [2.75, 3.05) is 7.11 Å². The number of aromatic nitrogens is 1. The number of hydrogen-bond donors (Lipinski definition) is 0. The molecule has 0 spiro atoms. The van der Waals surface area contributed by atoms with Gasteiger partial charge in [-0.2, -0.15) is 0 Å². The maximum Gasteiger partial charge on any atom is 0.355 e. The molecule has 0 bridgehead atoms. The predicted molar refractivity (Wildman–Crippen MR) is 66.9 cm³/mol. The van der Waals surface area contributed by atoms with Crippen molar-refractivity contribution in [3.8, 4) is 5.69 Å². The van der Waals surface area contributed by atoms with Crippen LogP contribution in [0.1, 0.15) is 16.1 Å². The normalized spacial score (nSPS) is 10.3. The molecule has 4 heteroatoms. The lowest BCUT2D eigenvalue weighted by atomic mass is 10.2. The highest BCUT2D eigenvalue weighted by atomic mass is 35.5. The summed E-state index contributed by atoms with van der Waals surface area (Å²) in [4.78, 5) is 11.6. The summed E-state index contributed by atoms with van der Waals surface area (Å²) in [5, 5.41) is 0.679. The highest BCUT2D eigenvalue weighted by Crippen LogP contribution is 2.21. The van der Waals surface area contributed by atoms with Gasteiger partial charge in [0, 0.05) is 16.9 Å². The van der Waals surface area contributed by atoms with Crippen molar-refractivity contribution in [3.63, 3.8) is 0 Å². The third-order valence-corrected chi connectivity index (χ3v) is 2.80. The summed E-state index contributed by atoms with van der Waals surface area (Å²) < 4.78 is 6.52. The zero-order chi connectivity index (χ0) is 12.4. The molecule has 0 aliphatic rings. The highest BCUT2D eigenvalue weighted by Gasteiger charge is 2.13. The lowest BCUT2D eigenvalue weighted by molar-refractivity contribution is 0.0591. The Morgan fingerprint density at radius 2 is 2.12 bits per heavy atom. The van der Waals surface area contributed by atoms with Gasteiger partial charge in [0.25, 0.3) is 0 Å². The van der Waals surface area contributed by atoms with E-state index in [1.807, 2.05) is 25.3 Å². The van der Waals surface area contributed by atoms with E-state index in [2.05, 4.69) is 0 Å². The van der Waals surface area contributed by atoms with Gasteiger partial charge in [-0.05, 0) is 42.8 Å². The topological polar surface area (TPSA) is 31.2 Å². The van der Waals surface area contributed by atoms with Crippen LogP contribution in [-0.2, 0) is 4.74 Å². The van der Waals surface area contributed by atoms with Crippen LogP contribution in [0.15, 0.2) is 36.5 Å². The molecule has 0 unspecified atom stereocenters. The third kappa shape index (κ3) is 2.19. The van der Waals surface area contributed by atoms with Crippen molar-refractivity contribution in [3.05, 3.63) is 52.8 Å². The number of esters is 1. The number of aryl methyl sites for hydroxylation is 1. The van der Waals surface area contributed by atoms with Crippen molar-refractivity contribution >= 4 is 17.6 Å². The predicted octanol–water partition coefficient (Wildman–Crippen LogP) is 3.23. The molecule has 88 valence electrons. The largest absolute Gasteiger partial charge is 0.464 e. The molecule has 0 amide bonds. The number of ether oxygens (including phenoxy) is 1. The van der Waals surface area contributed by atoms with Gasteiger partial charge in [-0.15, -0.1) is 0 Å².